The Kier molecular flexibility index (Phi) is 6.18. The Morgan fingerprint density at radius 1 is 1.03 bits per heavy atom. The molecule has 2 heterocycles. The van der Waals surface area contributed by atoms with E-state index in [9.17, 15) is 14.4 Å². The number of rotatable bonds is 4. The molecular formula is C22H16Cl3N3O3S. The minimum absolute atomic E-state index is 0.256. The van der Waals surface area contributed by atoms with Crippen LogP contribution in [0.2, 0.25) is 15.1 Å². The first-order valence-corrected chi connectivity index (χ1v) is 11.4. The SMILES string of the molecule is Cc1sc2c(c1C)c(=O)n(-c1cccc(Cl)c1)c(=O)n2CC(=O)Nc1c(Cl)cccc1Cl. The van der Waals surface area contributed by atoms with Crippen LogP contribution in [0.1, 0.15) is 10.4 Å². The van der Waals surface area contributed by atoms with Crippen molar-refractivity contribution in [2.45, 2.75) is 20.4 Å². The van der Waals surface area contributed by atoms with Gasteiger partial charge in [-0.2, -0.15) is 0 Å². The van der Waals surface area contributed by atoms with Gasteiger partial charge in [-0.15, -0.1) is 11.3 Å². The molecule has 0 unspecified atom stereocenters. The molecule has 10 heteroatoms. The highest BCUT2D eigenvalue weighted by Gasteiger charge is 2.21. The van der Waals surface area contributed by atoms with Gasteiger partial charge in [0.2, 0.25) is 5.91 Å². The molecule has 0 spiro atoms. The lowest BCUT2D eigenvalue weighted by atomic mass is 10.2. The van der Waals surface area contributed by atoms with Gasteiger partial charge in [0.25, 0.3) is 5.56 Å². The lowest BCUT2D eigenvalue weighted by Gasteiger charge is -2.14. The molecule has 2 aromatic carbocycles. The third kappa shape index (κ3) is 3.97. The number of carbonyl (C=O) groups is 1. The van der Waals surface area contributed by atoms with Gasteiger partial charge in [-0.3, -0.25) is 14.2 Å². The Balaban J connectivity index is 1.89. The van der Waals surface area contributed by atoms with Gasteiger partial charge in [0.15, 0.2) is 0 Å². The molecule has 6 nitrogen and oxygen atoms in total. The Hall–Kier alpha value is -2.58. The number of hydrogen-bond donors (Lipinski definition) is 1. The molecule has 1 N–H and O–H groups in total. The van der Waals surface area contributed by atoms with E-state index in [1.165, 1.54) is 22.0 Å². The minimum atomic E-state index is -0.647. The van der Waals surface area contributed by atoms with E-state index in [0.29, 0.717) is 20.9 Å². The highest BCUT2D eigenvalue weighted by Crippen LogP contribution is 2.30. The summed E-state index contributed by atoms with van der Waals surface area (Å²) in [7, 11) is 0. The molecule has 0 saturated heterocycles. The quantitative estimate of drug-likeness (QED) is 0.399. The van der Waals surface area contributed by atoms with E-state index in [1.807, 2.05) is 13.8 Å². The van der Waals surface area contributed by atoms with Crippen molar-refractivity contribution in [3.63, 3.8) is 0 Å². The third-order valence-electron chi connectivity index (χ3n) is 5.05. The fraction of sp³-hybridized carbons (Fsp3) is 0.136. The lowest BCUT2D eigenvalue weighted by Crippen LogP contribution is -2.40. The van der Waals surface area contributed by atoms with Crippen molar-refractivity contribution in [1.82, 2.24) is 9.13 Å². The van der Waals surface area contributed by atoms with E-state index >= 15 is 0 Å². The summed E-state index contributed by atoms with van der Waals surface area (Å²) < 4.78 is 2.31. The van der Waals surface area contributed by atoms with Gasteiger partial charge in [-0.1, -0.05) is 46.9 Å². The van der Waals surface area contributed by atoms with Gasteiger partial charge >= 0.3 is 5.69 Å². The fourth-order valence-corrected chi connectivity index (χ4v) is 5.20. The molecule has 0 atom stereocenters. The molecule has 2 aromatic heterocycles. The van der Waals surface area contributed by atoms with E-state index < -0.39 is 17.2 Å². The summed E-state index contributed by atoms with van der Waals surface area (Å²) in [6.07, 6.45) is 0. The van der Waals surface area contributed by atoms with Crippen LogP contribution in [0.15, 0.2) is 52.1 Å². The lowest BCUT2D eigenvalue weighted by molar-refractivity contribution is -0.116. The fourth-order valence-electron chi connectivity index (χ4n) is 3.38. The normalized spacial score (nSPS) is 11.2. The van der Waals surface area contributed by atoms with Crippen molar-refractivity contribution in [2.75, 3.05) is 5.32 Å². The van der Waals surface area contributed by atoms with Gasteiger partial charge < -0.3 is 5.32 Å². The van der Waals surface area contributed by atoms with Crippen molar-refractivity contribution in [2.24, 2.45) is 0 Å². The average Bonchev–Trinajstić information content (AvgIpc) is 3.03. The van der Waals surface area contributed by atoms with Crippen LogP contribution in [-0.4, -0.2) is 15.0 Å². The zero-order chi connectivity index (χ0) is 23.2. The number of nitrogens with zero attached hydrogens (tertiary/aromatic N) is 2. The van der Waals surface area contributed by atoms with Crippen LogP contribution < -0.4 is 16.6 Å². The maximum atomic E-state index is 13.4. The van der Waals surface area contributed by atoms with Gasteiger partial charge in [0.05, 0.1) is 26.8 Å². The predicted molar refractivity (Wildman–Crippen MR) is 131 cm³/mol. The predicted octanol–water partition coefficient (Wildman–Crippen LogP) is 5.43. The first-order chi connectivity index (χ1) is 15.2. The second kappa shape index (κ2) is 8.75. The number of nitrogens with one attached hydrogen (secondary N) is 1. The van der Waals surface area contributed by atoms with Crippen molar-refractivity contribution >= 4 is 68.0 Å². The van der Waals surface area contributed by atoms with E-state index in [1.54, 1.807) is 36.4 Å². The maximum absolute atomic E-state index is 13.4. The molecule has 1 amide bonds. The minimum Gasteiger partial charge on any atom is -0.322 e. The summed E-state index contributed by atoms with van der Waals surface area (Å²) in [6, 6.07) is 11.3. The summed E-state index contributed by atoms with van der Waals surface area (Å²) in [6.45, 7) is 3.34. The molecule has 0 fully saturated rings. The van der Waals surface area contributed by atoms with Gasteiger partial charge in [0, 0.05) is 9.90 Å². The zero-order valence-electron chi connectivity index (χ0n) is 16.9. The number of aromatic nitrogens is 2. The number of para-hydroxylation sites is 1. The number of hydrogen-bond acceptors (Lipinski definition) is 4. The highest BCUT2D eigenvalue weighted by molar-refractivity contribution is 7.18. The molecule has 164 valence electrons. The number of thiophene rings is 1. The van der Waals surface area contributed by atoms with Gasteiger partial charge in [-0.05, 0) is 49.7 Å². The summed E-state index contributed by atoms with van der Waals surface area (Å²) >= 11 is 19.7. The molecule has 0 bridgehead atoms. The van der Waals surface area contributed by atoms with Crippen LogP contribution in [0, 0.1) is 13.8 Å². The Labute approximate surface area is 201 Å². The Morgan fingerprint density at radius 3 is 2.34 bits per heavy atom. The molecule has 0 aliphatic carbocycles. The summed E-state index contributed by atoms with van der Waals surface area (Å²) in [5.74, 6) is -0.511. The maximum Gasteiger partial charge on any atom is 0.337 e. The van der Waals surface area contributed by atoms with Gasteiger partial charge in [-0.25, -0.2) is 9.36 Å². The van der Waals surface area contributed by atoms with Crippen LogP contribution in [-0.2, 0) is 11.3 Å². The van der Waals surface area contributed by atoms with Gasteiger partial charge in [0.1, 0.15) is 11.4 Å². The number of carbonyl (C=O) groups excluding carboxylic acids is 1. The molecular weight excluding hydrogens is 493 g/mol. The molecule has 4 rings (SSSR count). The Morgan fingerprint density at radius 2 is 1.69 bits per heavy atom. The first-order valence-electron chi connectivity index (χ1n) is 9.44. The van der Waals surface area contributed by atoms with E-state index in [2.05, 4.69) is 5.32 Å². The summed E-state index contributed by atoms with van der Waals surface area (Å²) in [5.41, 5.74) is 0.230. The van der Waals surface area contributed by atoms with Crippen LogP contribution >= 0.6 is 46.1 Å². The average molecular weight is 509 g/mol. The Bertz CT molecular complexity index is 1480. The smallest absolute Gasteiger partial charge is 0.322 e. The van der Waals surface area contributed by atoms with Crippen LogP contribution in [0.3, 0.4) is 0 Å². The first kappa shape index (κ1) is 22.6. The summed E-state index contributed by atoms with van der Waals surface area (Å²) in [5, 5.41) is 3.97. The zero-order valence-corrected chi connectivity index (χ0v) is 20.0. The van der Waals surface area contributed by atoms with E-state index in [4.69, 9.17) is 34.8 Å². The van der Waals surface area contributed by atoms with Crippen LogP contribution in [0.5, 0.6) is 0 Å². The second-order valence-corrected chi connectivity index (χ2v) is 9.55. The largest absolute Gasteiger partial charge is 0.337 e. The van der Waals surface area contributed by atoms with E-state index in [-0.39, 0.29) is 22.3 Å². The monoisotopic (exact) mass is 507 g/mol. The number of halogens is 3. The number of benzene rings is 2. The molecule has 0 aliphatic rings. The van der Waals surface area contributed by atoms with Crippen LogP contribution in [0.25, 0.3) is 15.9 Å². The number of amides is 1. The molecule has 32 heavy (non-hydrogen) atoms. The molecule has 4 aromatic rings. The molecule has 0 radical (unpaired) electrons. The number of aryl methyl sites for hydroxylation is 2. The van der Waals surface area contributed by atoms with Crippen molar-refractivity contribution in [3.05, 3.63) is 88.8 Å². The van der Waals surface area contributed by atoms with E-state index in [0.717, 1.165) is 15.0 Å². The molecule has 0 saturated carbocycles. The second-order valence-electron chi connectivity index (χ2n) is 7.10. The standard InChI is InChI=1S/C22H16Cl3N3O3S/c1-11-12(2)32-21-18(11)20(30)28(14-6-3-5-13(23)9-14)22(31)27(21)10-17(29)26-19-15(24)7-4-8-16(19)25/h3-9H,10H2,1-2H3,(H,26,29). The summed E-state index contributed by atoms with van der Waals surface area (Å²) in [4.78, 5) is 40.9. The number of fused-ring (bicyclic) bond motifs is 1. The van der Waals surface area contributed by atoms with Crippen molar-refractivity contribution in [1.29, 1.82) is 0 Å². The molecule has 0 aliphatic heterocycles. The highest BCUT2D eigenvalue weighted by atomic mass is 35.5. The van der Waals surface area contributed by atoms with Crippen LogP contribution in [0.4, 0.5) is 5.69 Å². The van der Waals surface area contributed by atoms with Crippen molar-refractivity contribution < 1.29 is 4.79 Å². The van der Waals surface area contributed by atoms with Crippen molar-refractivity contribution in [3.8, 4) is 5.69 Å². The topological polar surface area (TPSA) is 73.1 Å². The number of anilines is 1. The third-order valence-corrected chi connectivity index (χ3v) is 7.14.